The second-order valence-electron chi connectivity index (χ2n) is 5.06. The molecule has 0 N–H and O–H groups in total. The van der Waals surface area contributed by atoms with Gasteiger partial charge < -0.3 is 4.90 Å². The maximum absolute atomic E-state index is 11.0. The molecule has 0 saturated heterocycles. The zero-order valence-corrected chi connectivity index (χ0v) is 12.3. The van der Waals surface area contributed by atoms with Crippen LogP contribution in [0.1, 0.15) is 11.3 Å². The molecule has 0 bridgehead atoms. The Morgan fingerprint density at radius 3 is 2.73 bits per heavy atom. The number of hydrogen-bond donors (Lipinski definition) is 0. The van der Waals surface area contributed by atoms with Gasteiger partial charge >= 0.3 is 5.69 Å². The number of nitrogens with zero attached hydrogens (tertiary/aromatic N) is 6. The highest BCUT2D eigenvalue weighted by Crippen LogP contribution is 2.31. The van der Waals surface area contributed by atoms with Crippen LogP contribution in [0.15, 0.2) is 23.0 Å². The summed E-state index contributed by atoms with van der Waals surface area (Å²) in [5.41, 5.74) is 3.24. The van der Waals surface area contributed by atoms with Crippen molar-refractivity contribution in [1.29, 1.82) is 0 Å². The molecule has 0 radical (unpaired) electrons. The van der Waals surface area contributed by atoms with Crippen LogP contribution in [-0.2, 0) is 13.6 Å². The highest BCUT2D eigenvalue weighted by atomic mass is 16.6. The van der Waals surface area contributed by atoms with Crippen molar-refractivity contribution in [2.45, 2.75) is 13.5 Å². The first-order valence-electron chi connectivity index (χ1n) is 6.57. The van der Waals surface area contributed by atoms with Crippen LogP contribution in [0, 0.1) is 17.0 Å². The van der Waals surface area contributed by atoms with Crippen molar-refractivity contribution in [3.05, 3.63) is 39.7 Å². The molecule has 0 aliphatic heterocycles. The molecule has 0 aliphatic rings. The van der Waals surface area contributed by atoms with Crippen LogP contribution in [-0.4, -0.2) is 32.1 Å². The van der Waals surface area contributed by atoms with Gasteiger partial charge in [0.25, 0.3) is 0 Å². The fraction of sp³-hybridized carbons (Fsp3) is 0.308. The molecule has 0 spiro atoms. The summed E-state index contributed by atoms with van der Waals surface area (Å²) >= 11 is 0. The van der Waals surface area contributed by atoms with Crippen LogP contribution >= 0.6 is 0 Å². The van der Waals surface area contributed by atoms with E-state index < -0.39 is 4.92 Å². The number of nitro benzene ring substituents is 1. The topological polar surface area (TPSA) is 103 Å². The number of anilines is 1. The van der Waals surface area contributed by atoms with E-state index in [1.54, 1.807) is 16.9 Å². The van der Waals surface area contributed by atoms with Gasteiger partial charge in [-0.25, -0.2) is 4.63 Å². The number of rotatable bonds is 4. The van der Waals surface area contributed by atoms with Gasteiger partial charge in [-0.15, -0.1) is 0 Å². The van der Waals surface area contributed by atoms with Gasteiger partial charge in [-0.3, -0.25) is 14.8 Å². The van der Waals surface area contributed by atoms with Crippen LogP contribution in [0.3, 0.4) is 0 Å². The second-order valence-corrected chi connectivity index (χ2v) is 5.06. The number of hydrogen-bond acceptors (Lipinski definition) is 7. The molecular weight excluding hydrogens is 288 g/mol. The van der Waals surface area contributed by atoms with Crippen LogP contribution in [0.25, 0.3) is 11.0 Å². The summed E-state index contributed by atoms with van der Waals surface area (Å²) in [4.78, 5) is 12.4. The molecule has 0 aliphatic carbocycles. The highest BCUT2D eigenvalue weighted by Gasteiger charge is 2.21. The third-order valence-electron chi connectivity index (χ3n) is 3.73. The molecule has 0 atom stereocenters. The lowest BCUT2D eigenvalue weighted by Crippen LogP contribution is -2.17. The Kier molecular flexibility index (Phi) is 3.24. The van der Waals surface area contributed by atoms with Crippen molar-refractivity contribution in [1.82, 2.24) is 20.1 Å². The predicted molar refractivity (Wildman–Crippen MR) is 78.5 cm³/mol. The SMILES string of the molecule is Cc1c(CN(C)c2ccc([N+](=O)[O-])c3nonc23)cnn1C. The number of fused-ring (bicyclic) bond motifs is 1. The summed E-state index contributed by atoms with van der Waals surface area (Å²) in [6, 6.07) is 3.06. The van der Waals surface area contributed by atoms with E-state index in [-0.39, 0.29) is 11.2 Å². The quantitative estimate of drug-likeness (QED) is 0.534. The van der Waals surface area contributed by atoms with Crippen molar-refractivity contribution in [2.24, 2.45) is 7.05 Å². The van der Waals surface area contributed by atoms with Gasteiger partial charge in [0, 0.05) is 38.0 Å². The number of aromatic nitrogens is 4. The molecule has 9 heteroatoms. The molecule has 3 aromatic rings. The van der Waals surface area contributed by atoms with E-state index in [4.69, 9.17) is 0 Å². The molecule has 0 saturated carbocycles. The first kappa shape index (κ1) is 14.0. The number of benzene rings is 1. The number of aryl methyl sites for hydroxylation is 1. The van der Waals surface area contributed by atoms with E-state index in [0.717, 1.165) is 11.3 Å². The first-order chi connectivity index (χ1) is 10.5. The first-order valence-corrected chi connectivity index (χ1v) is 6.57. The molecule has 2 heterocycles. The van der Waals surface area contributed by atoms with Gasteiger partial charge in [0.1, 0.15) is 0 Å². The molecule has 0 fully saturated rings. The Hall–Kier alpha value is -2.97. The summed E-state index contributed by atoms with van der Waals surface area (Å²) < 4.78 is 6.47. The highest BCUT2D eigenvalue weighted by molar-refractivity contribution is 5.93. The average Bonchev–Trinajstić information content (AvgIpc) is 3.08. The predicted octanol–water partition coefficient (Wildman–Crippen LogP) is 1.81. The van der Waals surface area contributed by atoms with Gasteiger partial charge in [0.05, 0.1) is 16.8 Å². The summed E-state index contributed by atoms with van der Waals surface area (Å²) in [6.07, 6.45) is 1.80. The number of nitro groups is 1. The van der Waals surface area contributed by atoms with Gasteiger partial charge in [-0.2, -0.15) is 5.10 Å². The van der Waals surface area contributed by atoms with Crippen molar-refractivity contribution in [3.63, 3.8) is 0 Å². The fourth-order valence-electron chi connectivity index (χ4n) is 2.34. The van der Waals surface area contributed by atoms with E-state index in [0.29, 0.717) is 17.7 Å². The molecule has 2 aromatic heterocycles. The lowest BCUT2D eigenvalue weighted by atomic mass is 10.2. The molecule has 3 rings (SSSR count). The third-order valence-corrected chi connectivity index (χ3v) is 3.73. The normalized spacial score (nSPS) is 11.0. The van der Waals surface area contributed by atoms with Crippen LogP contribution in [0.5, 0.6) is 0 Å². The van der Waals surface area contributed by atoms with E-state index in [1.807, 2.05) is 25.9 Å². The lowest BCUT2D eigenvalue weighted by Gasteiger charge is -2.18. The molecule has 114 valence electrons. The standard InChI is InChI=1S/C13H14N6O3/c1-8-9(6-14-18(8)3)7-17(2)10-4-5-11(19(20)21)13-12(10)15-22-16-13/h4-6H,7H2,1-3H3. The Balaban J connectivity index is 1.99. The Morgan fingerprint density at radius 2 is 2.09 bits per heavy atom. The van der Waals surface area contributed by atoms with Crippen molar-refractivity contribution in [2.75, 3.05) is 11.9 Å². The van der Waals surface area contributed by atoms with Gasteiger partial charge in [-0.05, 0) is 23.3 Å². The van der Waals surface area contributed by atoms with E-state index in [2.05, 4.69) is 20.0 Å². The fourth-order valence-corrected chi connectivity index (χ4v) is 2.34. The maximum Gasteiger partial charge on any atom is 0.300 e. The summed E-state index contributed by atoms with van der Waals surface area (Å²) in [6.45, 7) is 2.58. The van der Waals surface area contributed by atoms with Crippen molar-refractivity contribution >= 4 is 22.4 Å². The largest absolute Gasteiger partial charge is 0.368 e. The van der Waals surface area contributed by atoms with Crippen molar-refractivity contribution in [3.8, 4) is 0 Å². The van der Waals surface area contributed by atoms with Crippen LogP contribution in [0.4, 0.5) is 11.4 Å². The minimum absolute atomic E-state index is 0.119. The minimum Gasteiger partial charge on any atom is -0.368 e. The summed E-state index contributed by atoms with van der Waals surface area (Å²) in [7, 11) is 3.76. The molecule has 0 unspecified atom stereocenters. The Labute approximate surface area is 125 Å². The maximum atomic E-state index is 11.0. The van der Waals surface area contributed by atoms with Crippen LogP contribution in [0.2, 0.25) is 0 Å². The molecular formula is C13H14N6O3. The number of non-ortho nitro benzene ring substituents is 1. The zero-order chi connectivity index (χ0) is 15.9. The Morgan fingerprint density at radius 1 is 1.36 bits per heavy atom. The molecule has 22 heavy (non-hydrogen) atoms. The Bertz CT molecular complexity index is 853. The van der Waals surface area contributed by atoms with E-state index >= 15 is 0 Å². The van der Waals surface area contributed by atoms with Crippen LogP contribution < -0.4 is 4.90 Å². The summed E-state index contributed by atoms with van der Waals surface area (Å²) in [5, 5.41) is 22.7. The van der Waals surface area contributed by atoms with Crippen molar-refractivity contribution < 1.29 is 9.55 Å². The van der Waals surface area contributed by atoms with E-state index in [1.165, 1.54) is 6.07 Å². The average molecular weight is 302 g/mol. The summed E-state index contributed by atoms with van der Waals surface area (Å²) in [5.74, 6) is 0. The minimum atomic E-state index is -0.498. The molecule has 1 aromatic carbocycles. The van der Waals surface area contributed by atoms with Gasteiger partial charge in [-0.1, -0.05) is 0 Å². The monoisotopic (exact) mass is 302 g/mol. The smallest absolute Gasteiger partial charge is 0.300 e. The second kappa shape index (κ2) is 5.10. The molecule has 9 nitrogen and oxygen atoms in total. The third kappa shape index (κ3) is 2.16. The van der Waals surface area contributed by atoms with Gasteiger partial charge in [0.15, 0.2) is 5.52 Å². The molecule has 0 amide bonds. The van der Waals surface area contributed by atoms with Gasteiger partial charge in [0.2, 0.25) is 5.52 Å². The zero-order valence-electron chi connectivity index (χ0n) is 12.3. The lowest BCUT2D eigenvalue weighted by molar-refractivity contribution is -0.383. The van der Waals surface area contributed by atoms with E-state index in [9.17, 15) is 10.1 Å².